The summed E-state index contributed by atoms with van der Waals surface area (Å²) in [4.78, 5) is 46.4. The maximum Gasteiger partial charge on any atom is 0.384 e. The van der Waals surface area contributed by atoms with Crippen LogP contribution in [0.25, 0.3) is 0 Å². The number of hydrogen-bond donors (Lipinski definition) is 0. The number of benzene rings is 1. The number of carbonyl (C=O) groups excluding carboxylic acids is 1. The minimum absolute atomic E-state index is 0.191. The quantitative estimate of drug-likeness (QED) is 0.385. The van der Waals surface area contributed by atoms with E-state index in [2.05, 4.69) is 9.57 Å². The maximum atomic E-state index is 11.7. The molecule has 0 aliphatic carbocycles. The van der Waals surface area contributed by atoms with Crippen molar-refractivity contribution in [1.82, 2.24) is 0 Å². The molecule has 0 heterocycles. The van der Waals surface area contributed by atoms with Crippen LogP contribution in [0, 0.1) is 30.3 Å². The Balaban J connectivity index is 3.33. The van der Waals surface area contributed by atoms with E-state index in [4.69, 9.17) is 0 Å². The Morgan fingerprint density at radius 3 is 2.35 bits per heavy atom. The molecule has 1 aromatic carbocycles. The molecule has 2 atom stereocenters. The van der Waals surface area contributed by atoms with E-state index in [1.165, 1.54) is 6.92 Å². The van der Waals surface area contributed by atoms with Gasteiger partial charge in [-0.15, -0.1) is 10.1 Å². The van der Waals surface area contributed by atoms with Crippen molar-refractivity contribution in [3.63, 3.8) is 0 Å². The minimum atomic E-state index is -2.25. The van der Waals surface area contributed by atoms with E-state index in [9.17, 15) is 35.1 Å². The fourth-order valence-electron chi connectivity index (χ4n) is 1.76. The molecule has 0 saturated carbocycles. The number of ether oxygens (including phenoxy) is 1. The Hall–Kier alpha value is -3.31. The van der Waals surface area contributed by atoms with Crippen LogP contribution in [0.1, 0.15) is 18.6 Å². The zero-order chi connectivity index (χ0) is 17.6. The average molecular weight is 329 g/mol. The lowest BCUT2D eigenvalue weighted by atomic mass is 10.0. The molecule has 124 valence electrons. The van der Waals surface area contributed by atoms with Crippen molar-refractivity contribution in [3.05, 3.63) is 60.2 Å². The molecule has 0 saturated heterocycles. The van der Waals surface area contributed by atoms with Gasteiger partial charge in [-0.05, 0) is 12.5 Å². The molecule has 0 fully saturated rings. The monoisotopic (exact) mass is 329 g/mol. The van der Waals surface area contributed by atoms with Gasteiger partial charge in [-0.1, -0.05) is 12.1 Å². The number of nitrogens with zero attached hydrogens (tertiary/aromatic N) is 3. The summed E-state index contributed by atoms with van der Waals surface area (Å²) < 4.78 is 4.51. The van der Waals surface area contributed by atoms with Crippen molar-refractivity contribution >= 4 is 11.7 Å². The smallest absolute Gasteiger partial charge is 0.384 e. The van der Waals surface area contributed by atoms with Crippen LogP contribution in [-0.2, 0) is 14.4 Å². The summed E-state index contributed by atoms with van der Waals surface area (Å²) in [6, 6.07) is 1.98. The first-order valence-electron chi connectivity index (χ1n) is 6.13. The topological polar surface area (TPSA) is 165 Å². The van der Waals surface area contributed by atoms with Crippen LogP contribution in [-0.4, -0.2) is 33.6 Å². The van der Waals surface area contributed by atoms with Gasteiger partial charge in [-0.25, -0.2) is 4.79 Å². The summed E-state index contributed by atoms with van der Waals surface area (Å²) in [6.07, 6.45) is -1.99. The zero-order valence-electron chi connectivity index (χ0n) is 11.7. The van der Waals surface area contributed by atoms with Crippen molar-refractivity contribution in [1.29, 1.82) is 0 Å². The van der Waals surface area contributed by atoms with Gasteiger partial charge in [0.2, 0.25) is 6.10 Å². The molecule has 12 nitrogen and oxygen atoms in total. The Kier molecular flexibility index (Phi) is 5.88. The van der Waals surface area contributed by atoms with Gasteiger partial charge >= 0.3 is 12.0 Å². The van der Waals surface area contributed by atoms with Crippen molar-refractivity contribution < 1.29 is 29.3 Å². The number of nitro benzene ring substituents is 1. The molecular weight excluding hydrogens is 318 g/mol. The normalized spacial score (nSPS) is 12.7. The molecule has 0 aliphatic rings. The highest BCUT2D eigenvalue weighted by atomic mass is 17.0. The highest BCUT2D eigenvalue weighted by Crippen LogP contribution is 2.27. The molecule has 1 rings (SSSR count). The summed E-state index contributed by atoms with van der Waals surface area (Å²) in [5.74, 6) is -1.35. The molecule has 0 spiro atoms. The van der Waals surface area contributed by atoms with Crippen LogP contribution in [0.4, 0.5) is 5.69 Å². The lowest BCUT2D eigenvalue weighted by Crippen LogP contribution is -2.39. The van der Waals surface area contributed by atoms with Gasteiger partial charge < -0.3 is 4.74 Å². The van der Waals surface area contributed by atoms with Crippen LogP contribution in [0.15, 0.2) is 24.3 Å². The van der Waals surface area contributed by atoms with E-state index < -0.39 is 38.7 Å². The third-order valence-electron chi connectivity index (χ3n) is 2.65. The summed E-state index contributed by atoms with van der Waals surface area (Å²) in [5, 5.41) is 31.1. The first-order valence-corrected chi connectivity index (χ1v) is 6.13. The Labute approximate surface area is 128 Å². The van der Waals surface area contributed by atoms with Gasteiger partial charge in [0.25, 0.3) is 10.8 Å². The number of nitro groups is 2. The van der Waals surface area contributed by atoms with E-state index >= 15 is 0 Å². The molecule has 0 aromatic heterocycles. The number of non-ortho nitro benzene ring substituents is 1. The third kappa shape index (κ3) is 4.59. The second kappa shape index (κ2) is 7.63. The Bertz CT molecular complexity index is 633. The van der Waals surface area contributed by atoms with E-state index in [-0.39, 0.29) is 12.2 Å². The molecule has 0 aliphatic heterocycles. The van der Waals surface area contributed by atoms with E-state index in [1.54, 1.807) is 0 Å². The van der Waals surface area contributed by atoms with E-state index in [0.29, 0.717) is 0 Å². The van der Waals surface area contributed by atoms with Crippen LogP contribution in [0.3, 0.4) is 0 Å². The van der Waals surface area contributed by atoms with Gasteiger partial charge in [0.05, 0.1) is 11.5 Å². The van der Waals surface area contributed by atoms with Gasteiger partial charge in [0.15, 0.2) is 0 Å². The van der Waals surface area contributed by atoms with Crippen molar-refractivity contribution in [2.75, 3.05) is 6.61 Å². The SMILES string of the molecule is CCOC(=O)C(C(O[N+](=O)[O-])c1cccc([N+](=O)[O-])c1)[N+](=O)[O-]. The molecule has 0 radical (unpaired) electrons. The van der Waals surface area contributed by atoms with E-state index in [0.717, 1.165) is 24.3 Å². The van der Waals surface area contributed by atoms with Crippen molar-refractivity contribution in [2.24, 2.45) is 0 Å². The fraction of sp³-hybridized carbons (Fsp3) is 0.364. The predicted octanol–water partition coefficient (Wildman–Crippen LogP) is 1.05. The van der Waals surface area contributed by atoms with Crippen LogP contribution >= 0.6 is 0 Å². The highest BCUT2D eigenvalue weighted by molar-refractivity contribution is 5.75. The third-order valence-corrected chi connectivity index (χ3v) is 2.65. The molecular formula is C11H11N3O9. The fourth-order valence-corrected chi connectivity index (χ4v) is 1.76. The Morgan fingerprint density at radius 2 is 1.87 bits per heavy atom. The zero-order valence-corrected chi connectivity index (χ0v) is 11.7. The number of esters is 1. The first-order chi connectivity index (χ1) is 10.8. The Morgan fingerprint density at radius 1 is 1.22 bits per heavy atom. The largest absolute Gasteiger partial charge is 0.461 e. The lowest BCUT2D eigenvalue weighted by molar-refractivity contribution is -0.779. The minimum Gasteiger partial charge on any atom is -0.461 e. The number of hydrogen-bond acceptors (Lipinski definition) is 9. The van der Waals surface area contributed by atoms with Crippen molar-refractivity contribution in [2.45, 2.75) is 19.1 Å². The second-order valence-electron chi connectivity index (χ2n) is 4.08. The molecule has 12 heteroatoms. The van der Waals surface area contributed by atoms with Gasteiger partial charge in [0, 0.05) is 17.1 Å². The number of carbonyl (C=O) groups is 1. The summed E-state index contributed by atoms with van der Waals surface area (Å²) >= 11 is 0. The molecule has 1 aromatic rings. The van der Waals surface area contributed by atoms with Crippen molar-refractivity contribution in [3.8, 4) is 0 Å². The first kappa shape index (κ1) is 17.7. The molecule has 2 unspecified atom stereocenters. The van der Waals surface area contributed by atoms with E-state index in [1.807, 2.05) is 0 Å². The van der Waals surface area contributed by atoms with Gasteiger partial charge in [0.1, 0.15) is 0 Å². The summed E-state index contributed by atoms with van der Waals surface area (Å²) in [7, 11) is 0. The summed E-state index contributed by atoms with van der Waals surface area (Å²) in [6.45, 7) is 1.20. The average Bonchev–Trinajstić information content (AvgIpc) is 2.46. The van der Waals surface area contributed by atoms with Crippen LogP contribution in [0.5, 0.6) is 0 Å². The van der Waals surface area contributed by atoms with Gasteiger partial charge in [-0.3, -0.25) is 25.1 Å². The predicted molar refractivity (Wildman–Crippen MR) is 71.3 cm³/mol. The van der Waals surface area contributed by atoms with Crippen LogP contribution in [0.2, 0.25) is 0 Å². The lowest BCUT2D eigenvalue weighted by Gasteiger charge is -2.18. The standard InChI is InChI=1S/C11H11N3O9/c1-2-22-11(15)9(13(18)19)10(23-14(20)21)7-4-3-5-8(6-7)12(16)17/h3-6,9-10H,2H2,1H3. The molecule has 23 heavy (non-hydrogen) atoms. The van der Waals surface area contributed by atoms with Crippen LogP contribution < -0.4 is 0 Å². The second-order valence-corrected chi connectivity index (χ2v) is 4.08. The number of rotatable bonds is 8. The molecule has 0 amide bonds. The maximum absolute atomic E-state index is 11.7. The molecule has 0 bridgehead atoms. The highest BCUT2D eigenvalue weighted by Gasteiger charge is 2.44. The summed E-state index contributed by atoms with van der Waals surface area (Å²) in [5.41, 5.74) is -0.740. The van der Waals surface area contributed by atoms with Gasteiger partial charge in [-0.2, -0.15) is 0 Å². The molecule has 0 N–H and O–H groups in total.